The van der Waals surface area contributed by atoms with Gasteiger partial charge in [0.25, 0.3) is 5.91 Å². The van der Waals surface area contributed by atoms with Crippen molar-refractivity contribution in [1.29, 1.82) is 0 Å². The monoisotopic (exact) mass is 276 g/mol. The van der Waals surface area contributed by atoms with E-state index in [9.17, 15) is 9.59 Å². The number of ether oxygens (including phenoxy) is 1. The minimum absolute atomic E-state index is 0.0440. The third-order valence-corrected chi connectivity index (χ3v) is 3.08. The Balaban J connectivity index is 1.90. The number of hydrogen-bond donors (Lipinski definition) is 2. The fraction of sp³-hybridized carbons (Fsp3) is 0.467. The Morgan fingerprint density at radius 3 is 2.50 bits per heavy atom. The van der Waals surface area contributed by atoms with E-state index in [1.807, 2.05) is 0 Å². The quantitative estimate of drug-likeness (QED) is 0.779. The molecule has 0 radical (unpaired) electrons. The zero-order valence-electron chi connectivity index (χ0n) is 11.8. The average Bonchev–Trinajstić information content (AvgIpc) is 3.23. The molecule has 2 rings (SSSR count). The molecule has 0 spiro atoms. The van der Waals surface area contributed by atoms with E-state index in [-0.39, 0.29) is 11.9 Å². The molecule has 0 unspecified atom stereocenters. The van der Waals surface area contributed by atoms with Crippen LogP contribution in [0.4, 0.5) is 5.69 Å². The molecule has 5 nitrogen and oxygen atoms in total. The highest BCUT2D eigenvalue weighted by Gasteiger charge is 2.23. The van der Waals surface area contributed by atoms with Gasteiger partial charge < -0.3 is 15.4 Å². The smallest absolute Gasteiger partial charge is 0.328 e. The zero-order valence-corrected chi connectivity index (χ0v) is 11.8. The van der Waals surface area contributed by atoms with Crippen molar-refractivity contribution >= 4 is 17.6 Å². The molecule has 1 aromatic carbocycles. The van der Waals surface area contributed by atoms with Crippen molar-refractivity contribution in [3.63, 3.8) is 0 Å². The van der Waals surface area contributed by atoms with E-state index >= 15 is 0 Å². The van der Waals surface area contributed by atoms with Gasteiger partial charge in [0.2, 0.25) is 0 Å². The van der Waals surface area contributed by atoms with Crippen LogP contribution in [0.3, 0.4) is 0 Å². The molecule has 0 aromatic heterocycles. The molecule has 1 aromatic rings. The van der Waals surface area contributed by atoms with Gasteiger partial charge in [-0.25, -0.2) is 4.79 Å². The largest absolute Gasteiger partial charge is 0.464 e. The summed E-state index contributed by atoms with van der Waals surface area (Å²) in [6, 6.07) is 7.01. The number of anilines is 1. The topological polar surface area (TPSA) is 67.4 Å². The summed E-state index contributed by atoms with van der Waals surface area (Å²) in [7, 11) is 0. The van der Waals surface area contributed by atoms with Gasteiger partial charge >= 0.3 is 5.97 Å². The molecule has 1 aliphatic rings. The predicted octanol–water partition coefficient (Wildman–Crippen LogP) is 1.94. The van der Waals surface area contributed by atoms with Gasteiger partial charge in [-0.15, -0.1) is 0 Å². The summed E-state index contributed by atoms with van der Waals surface area (Å²) in [5.41, 5.74) is 1.42. The molecule has 0 saturated heterocycles. The highest BCUT2D eigenvalue weighted by Crippen LogP contribution is 2.19. The Hall–Kier alpha value is -2.04. The molecule has 20 heavy (non-hydrogen) atoms. The number of hydrogen-bond acceptors (Lipinski definition) is 4. The highest BCUT2D eigenvalue weighted by atomic mass is 16.5. The molecule has 108 valence electrons. The molecule has 1 aliphatic carbocycles. The minimum Gasteiger partial charge on any atom is -0.464 e. The Labute approximate surface area is 118 Å². The lowest BCUT2D eigenvalue weighted by atomic mass is 10.2. The maximum Gasteiger partial charge on any atom is 0.328 e. The van der Waals surface area contributed by atoms with Gasteiger partial charge in [0.15, 0.2) is 0 Å². The summed E-state index contributed by atoms with van der Waals surface area (Å²) in [5, 5.41) is 5.97. The number of carbonyl (C=O) groups is 2. The van der Waals surface area contributed by atoms with Crippen LogP contribution >= 0.6 is 0 Å². The number of rotatable bonds is 6. The van der Waals surface area contributed by atoms with Crippen molar-refractivity contribution < 1.29 is 14.3 Å². The predicted molar refractivity (Wildman–Crippen MR) is 76.6 cm³/mol. The van der Waals surface area contributed by atoms with Gasteiger partial charge in [0.05, 0.1) is 6.61 Å². The first kappa shape index (κ1) is 14.4. The van der Waals surface area contributed by atoms with E-state index in [4.69, 9.17) is 4.74 Å². The van der Waals surface area contributed by atoms with Crippen molar-refractivity contribution in [3.05, 3.63) is 29.8 Å². The summed E-state index contributed by atoms with van der Waals surface area (Å²) < 4.78 is 4.92. The first-order valence-electron chi connectivity index (χ1n) is 6.94. The Kier molecular flexibility index (Phi) is 4.61. The molecular weight excluding hydrogens is 256 g/mol. The van der Waals surface area contributed by atoms with Crippen LogP contribution in [0.1, 0.15) is 37.0 Å². The standard InChI is InChI=1S/C15H20N2O3/c1-3-20-15(19)10(2)16-12-6-4-11(5-7-12)14(18)17-13-8-9-13/h4-7,10,13,16H,3,8-9H2,1-2H3,(H,17,18)/t10-/m1/s1. The first-order chi connectivity index (χ1) is 9.60. The van der Waals surface area contributed by atoms with Gasteiger partial charge in [-0.3, -0.25) is 4.79 Å². The number of nitrogens with one attached hydrogen (secondary N) is 2. The summed E-state index contributed by atoms with van der Waals surface area (Å²) in [5.74, 6) is -0.333. The van der Waals surface area contributed by atoms with Crippen LogP contribution in [0, 0.1) is 0 Å². The van der Waals surface area contributed by atoms with Gasteiger partial charge in [-0.1, -0.05) is 0 Å². The van der Waals surface area contributed by atoms with E-state index in [1.54, 1.807) is 38.1 Å². The second kappa shape index (κ2) is 6.41. The Bertz CT molecular complexity index is 480. The maximum atomic E-state index is 11.8. The normalized spacial score (nSPS) is 15.3. The third kappa shape index (κ3) is 3.98. The molecule has 0 heterocycles. The fourth-order valence-electron chi connectivity index (χ4n) is 1.79. The maximum absolute atomic E-state index is 11.8. The number of esters is 1. The van der Waals surface area contributed by atoms with E-state index in [1.165, 1.54) is 0 Å². The molecular formula is C15H20N2O3. The lowest BCUT2D eigenvalue weighted by Crippen LogP contribution is -2.28. The SMILES string of the molecule is CCOC(=O)[C@@H](C)Nc1ccc(C(=O)NC2CC2)cc1. The minimum atomic E-state index is -0.416. The molecule has 1 fully saturated rings. The molecule has 2 N–H and O–H groups in total. The van der Waals surface area contributed by atoms with Crippen LogP contribution in [0.5, 0.6) is 0 Å². The van der Waals surface area contributed by atoms with Crippen molar-refractivity contribution in [1.82, 2.24) is 5.32 Å². The Morgan fingerprint density at radius 1 is 1.30 bits per heavy atom. The van der Waals surface area contributed by atoms with Crippen molar-refractivity contribution in [2.45, 2.75) is 38.8 Å². The van der Waals surface area contributed by atoms with E-state index in [2.05, 4.69) is 10.6 Å². The van der Waals surface area contributed by atoms with E-state index in [0.717, 1.165) is 18.5 Å². The van der Waals surface area contributed by atoms with Gasteiger partial charge in [-0.05, 0) is 51.0 Å². The van der Waals surface area contributed by atoms with Crippen LogP contribution < -0.4 is 10.6 Å². The van der Waals surface area contributed by atoms with Crippen LogP contribution in [0.15, 0.2) is 24.3 Å². The second-order valence-corrected chi connectivity index (χ2v) is 4.94. The molecule has 1 atom stereocenters. The fourth-order valence-corrected chi connectivity index (χ4v) is 1.79. The van der Waals surface area contributed by atoms with Gasteiger partial charge in [-0.2, -0.15) is 0 Å². The number of amides is 1. The van der Waals surface area contributed by atoms with E-state index in [0.29, 0.717) is 18.2 Å². The first-order valence-corrected chi connectivity index (χ1v) is 6.94. The molecule has 0 aliphatic heterocycles. The van der Waals surface area contributed by atoms with Crippen LogP contribution in [0.2, 0.25) is 0 Å². The second-order valence-electron chi connectivity index (χ2n) is 4.94. The van der Waals surface area contributed by atoms with Crippen molar-refractivity contribution in [2.75, 3.05) is 11.9 Å². The lowest BCUT2D eigenvalue weighted by Gasteiger charge is -2.14. The summed E-state index contributed by atoms with van der Waals surface area (Å²) in [4.78, 5) is 23.3. The van der Waals surface area contributed by atoms with Crippen molar-refractivity contribution in [2.24, 2.45) is 0 Å². The lowest BCUT2D eigenvalue weighted by molar-refractivity contribution is -0.143. The van der Waals surface area contributed by atoms with Crippen molar-refractivity contribution in [3.8, 4) is 0 Å². The van der Waals surface area contributed by atoms with Crippen LogP contribution in [-0.2, 0) is 9.53 Å². The van der Waals surface area contributed by atoms with Crippen LogP contribution in [0.25, 0.3) is 0 Å². The number of carbonyl (C=O) groups excluding carboxylic acids is 2. The van der Waals surface area contributed by atoms with Gasteiger partial charge in [0.1, 0.15) is 6.04 Å². The van der Waals surface area contributed by atoms with Gasteiger partial charge in [0, 0.05) is 17.3 Å². The highest BCUT2D eigenvalue weighted by molar-refractivity contribution is 5.95. The average molecular weight is 276 g/mol. The molecule has 1 amide bonds. The summed E-state index contributed by atoms with van der Waals surface area (Å²) in [6.45, 7) is 3.88. The summed E-state index contributed by atoms with van der Waals surface area (Å²) >= 11 is 0. The molecule has 0 bridgehead atoms. The van der Waals surface area contributed by atoms with Crippen LogP contribution in [-0.4, -0.2) is 30.6 Å². The van der Waals surface area contributed by atoms with E-state index < -0.39 is 6.04 Å². The molecule has 5 heteroatoms. The summed E-state index contributed by atoms with van der Waals surface area (Å²) in [6.07, 6.45) is 2.14. The molecule has 1 saturated carbocycles. The number of benzene rings is 1. The zero-order chi connectivity index (χ0) is 14.5. The Morgan fingerprint density at radius 2 is 1.95 bits per heavy atom. The third-order valence-electron chi connectivity index (χ3n) is 3.08.